The zero-order valence-corrected chi connectivity index (χ0v) is 20.0. The summed E-state index contributed by atoms with van der Waals surface area (Å²) in [6.07, 6.45) is 3.93. The van der Waals surface area contributed by atoms with E-state index in [0.717, 1.165) is 18.4 Å². The number of esters is 1. The average Bonchev–Trinajstić information content (AvgIpc) is 3.33. The first-order valence-corrected chi connectivity index (χ1v) is 11.7. The van der Waals surface area contributed by atoms with Gasteiger partial charge in [-0.2, -0.15) is 4.98 Å². The van der Waals surface area contributed by atoms with Gasteiger partial charge in [-0.1, -0.05) is 35.0 Å². The normalized spacial score (nSPS) is 15.6. The lowest BCUT2D eigenvalue weighted by molar-refractivity contribution is -0.146. The molecule has 1 unspecified atom stereocenters. The monoisotopic (exact) mass is 488 g/mol. The number of carbonyl (C=O) groups excluding carboxylic acids is 3. The predicted octanol–water partition coefficient (Wildman–Crippen LogP) is 3.80. The van der Waals surface area contributed by atoms with Crippen molar-refractivity contribution in [3.63, 3.8) is 0 Å². The molecular formula is C24H29ClN4O5. The molecule has 1 aromatic carbocycles. The summed E-state index contributed by atoms with van der Waals surface area (Å²) in [4.78, 5) is 45.1. The van der Waals surface area contributed by atoms with E-state index in [4.69, 9.17) is 20.9 Å². The van der Waals surface area contributed by atoms with Crippen molar-refractivity contribution in [2.24, 2.45) is 0 Å². The molecule has 2 amide bonds. The fourth-order valence-electron chi connectivity index (χ4n) is 3.87. The molecule has 9 nitrogen and oxygen atoms in total. The van der Waals surface area contributed by atoms with Gasteiger partial charge in [0.1, 0.15) is 12.6 Å². The molecule has 1 aliphatic heterocycles. The third kappa shape index (κ3) is 6.66. The molecule has 0 saturated carbocycles. The molecule has 0 N–H and O–H groups in total. The van der Waals surface area contributed by atoms with Gasteiger partial charge in [0, 0.05) is 30.1 Å². The summed E-state index contributed by atoms with van der Waals surface area (Å²) in [6.45, 7) is 6.24. The first-order chi connectivity index (χ1) is 16.4. The van der Waals surface area contributed by atoms with Crippen molar-refractivity contribution in [3.8, 4) is 11.4 Å². The Kier molecular flexibility index (Phi) is 9.21. The van der Waals surface area contributed by atoms with Crippen LogP contribution in [0.1, 0.15) is 51.0 Å². The van der Waals surface area contributed by atoms with E-state index >= 15 is 0 Å². The van der Waals surface area contributed by atoms with Gasteiger partial charge in [-0.05, 0) is 38.3 Å². The lowest BCUT2D eigenvalue weighted by Crippen LogP contribution is -2.46. The molecule has 0 spiro atoms. The van der Waals surface area contributed by atoms with Crippen LogP contribution in [0.4, 0.5) is 0 Å². The van der Waals surface area contributed by atoms with Gasteiger partial charge in [0.25, 0.3) is 0 Å². The van der Waals surface area contributed by atoms with Crippen molar-refractivity contribution in [1.82, 2.24) is 19.9 Å². The number of likely N-dealkylation sites (tertiary alicyclic amines) is 1. The van der Waals surface area contributed by atoms with Crippen molar-refractivity contribution in [2.45, 2.75) is 45.1 Å². The van der Waals surface area contributed by atoms with Crippen molar-refractivity contribution in [2.75, 3.05) is 26.2 Å². The van der Waals surface area contributed by atoms with E-state index in [2.05, 4.69) is 16.7 Å². The highest BCUT2D eigenvalue weighted by molar-refractivity contribution is 6.30. The van der Waals surface area contributed by atoms with Crippen LogP contribution in [0.15, 0.2) is 41.4 Å². The number of piperidine rings is 1. The van der Waals surface area contributed by atoms with Gasteiger partial charge in [-0.15, -0.1) is 6.58 Å². The zero-order chi connectivity index (χ0) is 24.5. The summed E-state index contributed by atoms with van der Waals surface area (Å²) < 4.78 is 10.4. The molecule has 10 heteroatoms. The molecule has 34 heavy (non-hydrogen) atoms. The van der Waals surface area contributed by atoms with E-state index < -0.39 is 5.97 Å². The molecular weight excluding hydrogens is 460 g/mol. The highest BCUT2D eigenvalue weighted by Crippen LogP contribution is 2.31. The number of benzene rings is 1. The molecule has 1 fully saturated rings. The molecule has 2 aromatic rings. The number of carbonyl (C=O) groups is 3. The standard InChI is InChI=1S/C24H29ClN4O5/c1-3-13-28(20(30)11-12-22(32)33-4-2)16-21(31)29-14-6-5-10-19(29)24-26-23(27-34-24)17-8-7-9-18(25)15-17/h3,7-9,15,19H,1,4-6,10-14,16H2,2H3. The van der Waals surface area contributed by atoms with Crippen molar-refractivity contribution in [3.05, 3.63) is 47.8 Å². The van der Waals surface area contributed by atoms with Gasteiger partial charge in [-0.3, -0.25) is 14.4 Å². The summed E-state index contributed by atoms with van der Waals surface area (Å²) >= 11 is 6.07. The molecule has 0 radical (unpaired) electrons. The molecule has 1 aliphatic rings. The molecule has 0 aliphatic carbocycles. The smallest absolute Gasteiger partial charge is 0.306 e. The Labute approximate surface area is 203 Å². The molecule has 1 atom stereocenters. The second-order valence-electron chi connectivity index (χ2n) is 7.93. The SMILES string of the molecule is C=CCN(CC(=O)N1CCCCC1c1nc(-c2cccc(Cl)c2)no1)C(=O)CCC(=O)OCC. The molecule has 0 bridgehead atoms. The maximum absolute atomic E-state index is 13.2. The maximum Gasteiger partial charge on any atom is 0.306 e. The van der Waals surface area contributed by atoms with Crippen molar-refractivity contribution >= 4 is 29.4 Å². The van der Waals surface area contributed by atoms with Crippen molar-refractivity contribution in [1.29, 1.82) is 0 Å². The van der Waals surface area contributed by atoms with Crippen LogP contribution in [0, 0.1) is 0 Å². The van der Waals surface area contributed by atoms with Gasteiger partial charge < -0.3 is 19.1 Å². The quantitative estimate of drug-likeness (QED) is 0.370. The largest absolute Gasteiger partial charge is 0.466 e. The Morgan fingerprint density at radius 2 is 2.15 bits per heavy atom. The van der Waals surface area contributed by atoms with Crippen LogP contribution in [0.5, 0.6) is 0 Å². The molecule has 3 rings (SSSR count). The lowest BCUT2D eigenvalue weighted by Gasteiger charge is -2.35. The highest BCUT2D eigenvalue weighted by Gasteiger charge is 2.33. The topological polar surface area (TPSA) is 106 Å². The fraction of sp³-hybridized carbons (Fsp3) is 0.458. The Balaban J connectivity index is 1.70. The maximum atomic E-state index is 13.2. The summed E-state index contributed by atoms with van der Waals surface area (Å²) in [5.41, 5.74) is 0.723. The molecule has 182 valence electrons. The number of amides is 2. The van der Waals surface area contributed by atoms with Gasteiger partial charge in [0.2, 0.25) is 23.5 Å². The Morgan fingerprint density at radius 1 is 1.32 bits per heavy atom. The Morgan fingerprint density at radius 3 is 2.88 bits per heavy atom. The Bertz CT molecular complexity index is 1020. The minimum Gasteiger partial charge on any atom is -0.466 e. The van der Waals surface area contributed by atoms with Gasteiger partial charge >= 0.3 is 5.97 Å². The number of nitrogens with zero attached hydrogens (tertiary/aromatic N) is 4. The van der Waals surface area contributed by atoms with E-state index in [-0.39, 0.29) is 50.4 Å². The molecule has 1 aromatic heterocycles. The van der Waals surface area contributed by atoms with Crippen LogP contribution in [0.3, 0.4) is 0 Å². The third-order valence-electron chi connectivity index (χ3n) is 5.51. The van der Waals surface area contributed by atoms with Crippen molar-refractivity contribution < 1.29 is 23.6 Å². The van der Waals surface area contributed by atoms with E-state index in [9.17, 15) is 14.4 Å². The second kappa shape index (κ2) is 12.3. The van der Waals surface area contributed by atoms with E-state index in [1.165, 1.54) is 4.90 Å². The lowest BCUT2D eigenvalue weighted by atomic mass is 10.0. The van der Waals surface area contributed by atoms with Gasteiger partial charge in [0.05, 0.1) is 13.0 Å². The van der Waals surface area contributed by atoms with Crippen LogP contribution in [0.2, 0.25) is 5.02 Å². The second-order valence-corrected chi connectivity index (χ2v) is 8.37. The summed E-state index contributed by atoms with van der Waals surface area (Å²) in [7, 11) is 0. The number of hydrogen-bond acceptors (Lipinski definition) is 7. The predicted molar refractivity (Wildman–Crippen MR) is 126 cm³/mol. The number of halogens is 1. The van der Waals surface area contributed by atoms with E-state index in [1.54, 1.807) is 36.1 Å². The first kappa shape index (κ1) is 25.4. The van der Waals surface area contributed by atoms with Crippen LogP contribution in [-0.2, 0) is 19.1 Å². The molecule has 2 heterocycles. The zero-order valence-electron chi connectivity index (χ0n) is 19.2. The van der Waals surface area contributed by atoms with Crippen LogP contribution in [0.25, 0.3) is 11.4 Å². The number of aromatic nitrogens is 2. The highest BCUT2D eigenvalue weighted by atomic mass is 35.5. The van der Waals surface area contributed by atoms with Crippen LogP contribution in [-0.4, -0.2) is 64.0 Å². The third-order valence-corrected chi connectivity index (χ3v) is 5.74. The van der Waals surface area contributed by atoms with Crippen LogP contribution < -0.4 is 0 Å². The van der Waals surface area contributed by atoms with E-state index in [0.29, 0.717) is 29.7 Å². The van der Waals surface area contributed by atoms with E-state index in [1.807, 2.05) is 6.07 Å². The number of hydrogen-bond donors (Lipinski definition) is 0. The minimum absolute atomic E-state index is 0.0317. The van der Waals surface area contributed by atoms with Gasteiger partial charge in [-0.25, -0.2) is 0 Å². The Hall–Kier alpha value is -3.20. The summed E-state index contributed by atoms with van der Waals surface area (Å²) in [5.74, 6) is -0.219. The summed E-state index contributed by atoms with van der Waals surface area (Å²) in [6, 6.07) is 6.77. The molecule has 1 saturated heterocycles. The van der Waals surface area contributed by atoms with Gasteiger partial charge in [0.15, 0.2) is 0 Å². The fourth-order valence-corrected chi connectivity index (χ4v) is 4.06. The number of rotatable bonds is 10. The van der Waals surface area contributed by atoms with Crippen LogP contribution >= 0.6 is 11.6 Å². The average molecular weight is 489 g/mol. The minimum atomic E-state index is -0.441. The summed E-state index contributed by atoms with van der Waals surface area (Å²) in [5, 5.41) is 4.63. The number of ether oxygens (including phenoxy) is 1. The first-order valence-electron chi connectivity index (χ1n) is 11.4.